The van der Waals surface area contributed by atoms with E-state index in [0.29, 0.717) is 6.54 Å². The molecule has 138 valence electrons. The predicted octanol–water partition coefficient (Wildman–Crippen LogP) is 3.26. The van der Waals surface area contributed by atoms with E-state index in [2.05, 4.69) is 21.6 Å². The smallest absolute Gasteiger partial charge is 0.257 e. The lowest BCUT2D eigenvalue weighted by atomic mass is 10.0. The molecule has 2 aromatic carbocycles. The Labute approximate surface area is 157 Å². The summed E-state index contributed by atoms with van der Waals surface area (Å²) in [4.78, 5) is 17.3. The van der Waals surface area contributed by atoms with Crippen molar-refractivity contribution < 1.29 is 14.3 Å². The highest BCUT2D eigenvalue weighted by Gasteiger charge is 2.41. The summed E-state index contributed by atoms with van der Waals surface area (Å²) >= 11 is 0. The Morgan fingerprint density at radius 2 is 1.70 bits per heavy atom. The Bertz CT molecular complexity index is 1070. The number of amides is 1. The van der Waals surface area contributed by atoms with Gasteiger partial charge in [-0.1, -0.05) is 0 Å². The Morgan fingerprint density at radius 3 is 2.48 bits per heavy atom. The number of aromatic nitrogens is 1. The van der Waals surface area contributed by atoms with Gasteiger partial charge in [0.15, 0.2) is 0 Å². The van der Waals surface area contributed by atoms with Gasteiger partial charge in [0.05, 0.1) is 31.2 Å². The maximum atomic E-state index is 13.2. The second-order valence-corrected chi connectivity index (χ2v) is 7.01. The SMILES string of the molecule is COc1ccc2c(c1)N(C)C1c3cc4cc(OC)ccc4n3CCN1C2=O. The highest BCUT2D eigenvalue weighted by atomic mass is 16.5. The molecule has 0 spiro atoms. The molecule has 0 aliphatic carbocycles. The van der Waals surface area contributed by atoms with Gasteiger partial charge in [0.2, 0.25) is 0 Å². The van der Waals surface area contributed by atoms with Crippen LogP contribution in [0.2, 0.25) is 0 Å². The van der Waals surface area contributed by atoms with Gasteiger partial charge in [-0.25, -0.2) is 0 Å². The molecule has 5 rings (SSSR count). The number of rotatable bonds is 2. The largest absolute Gasteiger partial charge is 0.497 e. The number of anilines is 1. The number of ether oxygens (including phenoxy) is 2. The predicted molar refractivity (Wildman–Crippen MR) is 104 cm³/mol. The standard InChI is InChI=1S/C21H21N3O3/c1-22-18-12-15(27-3)4-6-16(18)21(25)24-9-8-23-17-7-5-14(26-2)10-13(17)11-19(23)20(22)24/h4-7,10-12,20H,8-9H2,1-3H3. The average molecular weight is 363 g/mol. The molecule has 0 bridgehead atoms. The fourth-order valence-electron chi connectivity index (χ4n) is 4.37. The van der Waals surface area contributed by atoms with Crippen molar-refractivity contribution in [3.05, 3.63) is 53.7 Å². The second kappa shape index (κ2) is 5.67. The molecule has 3 heterocycles. The average Bonchev–Trinajstić information content (AvgIpc) is 3.08. The molecule has 1 amide bonds. The third-order valence-electron chi connectivity index (χ3n) is 5.71. The lowest BCUT2D eigenvalue weighted by Crippen LogP contribution is -2.52. The van der Waals surface area contributed by atoms with Crippen LogP contribution in [0, 0.1) is 0 Å². The zero-order valence-electron chi connectivity index (χ0n) is 15.6. The summed E-state index contributed by atoms with van der Waals surface area (Å²) in [7, 11) is 5.36. The zero-order valence-corrected chi connectivity index (χ0v) is 15.6. The van der Waals surface area contributed by atoms with Crippen molar-refractivity contribution in [1.29, 1.82) is 0 Å². The van der Waals surface area contributed by atoms with Crippen LogP contribution in [0.5, 0.6) is 11.5 Å². The topological polar surface area (TPSA) is 46.9 Å². The first-order chi connectivity index (χ1) is 13.1. The minimum atomic E-state index is -0.135. The molecule has 6 nitrogen and oxygen atoms in total. The van der Waals surface area contributed by atoms with Gasteiger partial charge < -0.3 is 23.8 Å². The van der Waals surface area contributed by atoms with Crippen molar-refractivity contribution in [2.24, 2.45) is 0 Å². The van der Waals surface area contributed by atoms with E-state index >= 15 is 0 Å². The van der Waals surface area contributed by atoms with E-state index < -0.39 is 0 Å². The van der Waals surface area contributed by atoms with Crippen LogP contribution in [0.3, 0.4) is 0 Å². The summed E-state index contributed by atoms with van der Waals surface area (Å²) in [6.45, 7) is 1.47. The van der Waals surface area contributed by atoms with Crippen LogP contribution in [-0.2, 0) is 6.54 Å². The second-order valence-electron chi connectivity index (χ2n) is 7.01. The molecule has 2 aliphatic rings. The molecule has 0 saturated heterocycles. The van der Waals surface area contributed by atoms with Crippen molar-refractivity contribution in [3.63, 3.8) is 0 Å². The van der Waals surface area contributed by atoms with Crippen LogP contribution in [0.25, 0.3) is 10.9 Å². The van der Waals surface area contributed by atoms with Gasteiger partial charge in [0.25, 0.3) is 5.91 Å². The first-order valence-corrected chi connectivity index (χ1v) is 9.01. The maximum Gasteiger partial charge on any atom is 0.257 e. The van der Waals surface area contributed by atoms with Gasteiger partial charge in [0.1, 0.15) is 17.7 Å². The fourth-order valence-corrected chi connectivity index (χ4v) is 4.37. The van der Waals surface area contributed by atoms with Crippen LogP contribution in [-0.4, -0.2) is 43.2 Å². The summed E-state index contributed by atoms with van der Waals surface area (Å²) in [6.07, 6.45) is -0.135. The van der Waals surface area contributed by atoms with Crippen molar-refractivity contribution in [3.8, 4) is 11.5 Å². The molecule has 6 heteroatoms. The van der Waals surface area contributed by atoms with Crippen molar-refractivity contribution >= 4 is 22.5 Å². The van der Waals surface area contributed by atoms with Gasteiger partial charge in [0, 0.05) is 37.1 Å². The number of methoxy groups -OCH3 is 2. The number of hydrogen-bond acceptors (Lipinski definition) is 4. The molecule has 0 saturated carbocycles. The Morgan fingerprint density at radius 1 is 0.963 bits per heavy atom. The van der Waals surface area contributed by atoms with E-state index in [0.717, 1.165) is 40.4 Å². The number of carbonyl (C=O) groups excluding carboxylic acids is 1. The minimum Gasteiger partial charge on any atom is -0.497 e. The third-order valence-corrected chi connectivity index (χ3v) is 5.71. The van der Waals surface area contributed by atoms with E-state index in [9.17, 15) is 4.79 Å². The Hall–Kier alpha value is -3.15. The van der Waals surface area contributed by atoms with Crippen molar-refractivity contribution in [2.75, 3.05) is 32.7 Å². The van der Waals surface area contributed by atoms with Crippen LogP contribution >= 0.6 is 0 Å². The Kier molecular flexibility index (Phi) is 3.37. The molecule has 0 fully saturated rings. The highest BCUT2D eigenvalue weighted by Crippen LogP contribution is 2.42. The number of nitrogens with zero attached hydrogens (tertiary/aromatic N) is 3. The molecular formula is C21H21N3O3. The molecule has 1 unspecified atom stereocenters. The van der Waals surface area contributed by atoms with E-state index in [1.165, 1.54) is 5.52 Å². The van der Waals surface area contributed by atoms with Gasteiger partial charge >= 0.3 is 0 Å². The molecule has 27 heavy (non-hydrogen) atoms. The molecule has 1 atom stereocenters. The quantitative estimate of drug-likeness (QED) is 0.701. The third kappa shape index (κ3) is 2.16. The van der Waals surface area contributed by atoms with E-state index in [1.807, 2.05) is 42.3 Å². The lowest BCUT2D eigenvalue weighted by molar-refractivity contribution is 0.0602. The van der Waals surface area contributed by atoms with Crippen LogP contribution in [0.1, 0.15) is 22.2 Å². The summed E-state index contributed by atoms with van der Waals surface area (Å²) in [5, 5.41) is 1.13. The van der Waals surface area contributed by atoms with Crippen LogP contribution < -0.4 is 14.4 Å². The molecule has 3 aromatic rings. The first kappa shape index (κ1) is 16.1. The Balaban J connectivity index is 1.68. The molecular weight excluding hydrogens is 342 g/mol. The summed E-state index contributed by atoms with van der Waals surface area (Å²) in [6, 6.07) is 13.9. The summed E-state index contributed by atoms with van der Waals surface area (Å²) < 4.78 is 13.1. The van der Waals surface area contributed by atoms with Crippen LogP contribution in [0.4, 0.5) is 5.69 Å². The fraction of sp³-hybridized carbons (Fsp3) is 0.286. The zero-order chi connectivity index (χ0) is 18.7. The van der Waals surface area contributed by atoms with Crippen LogP contribution in [0.15, 0.2) is 42.5 Å². The van der Waals surface area contributed by atoms with Gasteiger partial charge in [-0.3, -0.25) is 4.79 Å². The van der Waals surface area contributed by atoms with Gasteiger partial charge in [-0.15, -0.1) is 0 Å². The van der Waals surface area contributed by atoms with Gasteiger partial charge in [-0.05, 0) is 36.4 Å². The maximum absolute atomic E-state index is 13.2. The van der Waals surface area contributed by atoms with Crippen molar-refractivity contribution in [2.45, 2.75) is 12.7 Å². The van der Waals surface area contributed by atoms with E-state index in [1.54, 1.807) is 14.2 Å². The number of hydrogen-bond donors (Lipinski definition) is 0. The monoisotopic (exact) mass is 363 g/mol. The first-order valence-electron chi connectivity index (χ1n) is 9.01. The normalized spacial score (nSPS) is 18.2. The van der Waals surface area contributed by atoms with Crippen molar-refractivity contribution in [1.82, 2.24) is 9.47 Å². The summed E-state index contributed by atoms with van der Waals surface area (Å²) in [5.41, 5.74) is 3.91. The number of fused-ring (bicyclic) bond motifs is 6. The molecule has 2 aliphatic heterocycles. The molecule has 1 aromatic heterocycles. The number of carbonyl (C=O) groups is 1. The molecule has 0 radical (unpaired) electrons. The summed E-state index contributed by atoms with van der Waals surface area (Å²) in [5.74, 6) is 1.67. The van der Waals surface area contributed by atoms with E-state index in [-0.39, 0.29) is 12.1 Å². The highest BCUT2D eigenvalue weighted by molar-refractivity contribution is 6.02. The van der Waals surface area contributed by atoms with E-state index in [4.69, 9.17) is 9.47 Å². The number of benzene rings is 2. The lowest BCUT2D eigenvalue weighted by Gasteiger charge is -2.46. The molecule has 0 N–H and O–H groups in total. The minimum absolute atomic E-state index is 0.0739. The van der Waals surface area contributed by atoms with Gasteiger partial charge in [-0.2, -0.15) is 0 Å².